The number of hydrogen-bond acceptors (Lipinski definition) is 5. The van der Waals surface area contributed by atoms with E-state index in [-0.39, 0.29) is 27.4 Å². The number of ether oxygens (including phenoxy) is 2. The average molecular weight is 452 g/mol. The largest absolute Gasteiger partial charge is 0.440 e. The molecule has 2 aromatic rings. The highest BCUT2D eigenvalue weighted by atomic mass is 35.5. The van der Waals surface area contributed by atoms with Crippen molar-refractivity contribution in [3.05, 3.63) is 63.7 Å². The fourth-order valence-corrected chi connectivity index (χ4v) is 3.57. The number of carbonyl (C=O) groups excluding carboxylic acids is 1. The van der Waals surface area contributed by atoms with Crippen molar-refractivity contribution < 1.29 is 14.3 Å². The number of esters is 1. The number of halogens is 3. The molecular weight excluding hydrogens is 435 g/mol. The molecule has 0 amide bonds. The molecule has 3 atom stereocenters. The van der Waals surface area contributed by atoms with E-state index in [1.807, 2.05) is 19.9 Å². The van der Waals surface area contributed by atoms with Crippen LogP contribution in [0.15, 0.2) is 53.0 Å². The van der Waals surface area contributed by atoms with Crippen molar-refractivity contribution in [1.29, 1.82) is 5.26 Å². The first-order valence-corrected chi connectivity index (χ1v) is 9.89. The minimum atomic E-state index is -1.16. The zero-order valence-electron chi connectivity index (χ0n) is 15.6. The van der Waals surface area contributed by atoms with E-state index in [1.165, 1.54) is 0 Å². The Balaban J connectivity index is 1.72. The van der Waals surface area contributed by atoms with Crippen LogP contribution in [0.1, 0.15) is 25.6 Å². The van der Waals surface area contributed by atoms with Gasteiger partial charge in [-0.25, -0.2) is 4.98 Å². The smallest absolute Gasteiger partial charge is 0.311 e. The maximum atomic E-state index is 12.6. The molecule has 0 N–H and O–H groups in total. The van der Waals surface area contributed by atoms with Crippen LogP contribution in [0, 0.1) is 28.6 Å². The summed E-state index contributed by atoms with van der Waals surface area (Å²) in [5, 5.41) is 10.1. The summed E-state index contributed by atoms with van der Waals surface area (Å²) < 4.78 is 11.2. The number of allylic oxidation sites excluding steroid dienone is 1. The fraction of sp³-hybridized carbons (Fsp3) is 0.286. The Morgan fingerprint density at radius 2 is 1.93 bits per heavy atom. The lowest BCUT2D eigenvalue weighted by molar-refractivity contribution is -0.149. The third-order valence-electron chi connectivity index (χ3n) is 4.87. The Hall–Kier alpha value is -2.26. The van der Waals surface area contributed by atoms with Gasteiger partial charge in [0.1, 0.15) is 16.3 Å². The lowest BCUT2D eigenvalue weighted by Gasteiger charge is -2.12. The lowest BCUT2D eigenvalue weighted by atomic mass is 10.1. The highest BCUT2D eigenvalue weighted by Crippen LogP contribution is 2.60. The lowest BCUT2D eigenvalue weighted by Crippen LogP contribution is -2.15. The predicted molar refractivity (Wildman–Crippen MR) is 111 cm³/mol. The van der Waals surface area contributed by atoms with E-state index in [0.717, 1.165) is 0 Å². The van der Waals surface area contributed by atoms with E-state index in [4.69, 9.17) is 44.3 Å². The van der Waals surface area contributed by atoms with Crippen molar-refractivity contribution in [1.82, 2.24) is 4.98 Å². The Bertz CT molecular complexity index is 979. The summed E-state index contributed by atoms with van der Waals surface area (Å²) >= 11 is 17.3. The molecule has 1 saturated carbocycles. The molecule has 0 spiro atoms. The number of nitriles is 1. The van der Waals surface area contributed by atoms with Gasteiger partial charge < -0.3 is 9.47 Å². The summed E-state index contributed by atoms with van der Waals surface area (Å²) in [6.45, 7) is 3.83. The Morgan fingerprint density at radius 3 is 2.55 bits per heavy atom. The van der Waals surface area contributed by atoms with E-state index in [9.17, 15) is 10.1 Å². The molecule has 1 fully saturated rings. The second-order valence-electron chi connectivity index (χ2n) is 7.18. The van der Waals surface area contributed by atoms with Crippen molar-refractivity contribution in [2.45, 2.75) is 20.0 Å². The quantitative estimate of drug-likeness (QED) is 0.487. The third kappa shape index (κ3) is 5.02. The van der Waals surface area contributed by atoms with Gasteiger partial charge in [0.25, 0.3) is 0 Å². The highest BCUT2D eigenvalue weighted by molar-refractivity contribution is 6.55. The van der Waals surface area contributed by atoms with Gasteiger partial charge in [-0.05, 0) is 47.7 Å². The number of carbonyl (C=O) groups is 1. The van der Waals surface area contributed by atoms with E-state index in [1.54, 1.807) is 48.5 Å². The highest BCUT2D eigenvalue weighted by Gasteiger charge is 2.62. The molecule has 1 aromatic heterocycles. The fourth-order valence-electron chi connectivity index (χ4n) is 3.17. The van der Waals surface area contributed by atoms with Crippen molar-refractivity contribution in [2.75, 3.05) is 0 Å². The van der Waals surface area contributed by atoms with Crippen LogP contribution in [0.4, 0.5) is 0 Å². The molecule has 8 heteroatoms. The molecule has 0 radical (unpaired) electrons. The molecule has 0 saturated heterocycles. The van der Waals surface area contributed by atoms with E-state index < -0.39 is 18.0 Å². The Morgan fingerprint density at radius 1 is 1.24 bits per heavy atom. The minimum absolute atomic E-state index is 0.101. The third-order valence-corrected chi connectivity index (χ3v) is 5.38. The molecule has 0 bridgehead atoms. The summed E-state index contributed by atoms with van der Waals surface area (Å²) in [6.07, 6.45) is 0.457. The van der Waals surface area contributed by atoms with Crippen molar-refractivity contribution in [3.8, 4) is 17.7 Å². The zero-order chi connectivity index (χ0) is 21.2. The second kappa shape index (κ2) is 8.62. The van der Waals surface area contributed by atoms with Gasteiger partial charge in [0.05, 0.1) is 11.6 Å². The van der Waals surface area contributed by atoms with Crippen LogP contribution >= 0.6 is 34.8 Å². The summed E-state index contributed by atoms with van der Waals surface area (Å²) in [5.74, 6) is -0.270. The Kier molecular flexibility index (Phi) is 6.38. The van der Waals surface area contributed by atoms with Crippen LogP contribution in [-0.4, -0.2) is 11.0 Å². The van der Waals surface area contributed by atoms with E-state index in [0.29, 0.717) is 10.8 Å². The molecule has 1 aliphatic carbocycles. The summed E-state index contributed by atoms with van der Waals surface area (Å²) in [5.41, 5.74) is -0.0766. The van der Waals surface area contributed by atoms with Gasteiger partial charge >= 0.3 is 5.97 Å². The maximum absolute atomic E-state index is 12.6. The van der Waals surface area contributed by atoms with Crippen LogP contribution in [0.3, 0.4) is 0 Å². The predicted octanol–water partition coefficient (Wildman–Crippen LogP) is 6.23. The van der Waals surface area contributed by atoms with Crippen LogP contribution in [0.25, 0.3) is 0 Å². The van der Waals surface area contributed by atoms with Crippen LogP contribution in [0.2, 0.25) is 5.02 Å². The minimum Gasteiger partial charge on any atom is -0.440 e. The molecule has 3 rings (SSSR count). The topological polar surface area (TPSA) is 72.2 Å². The monoisotopic (exact) mass is 450 g/mol. The molecule has 150 valence electrons. The number of nitrogens with zero attached hydrogens (tertiary/aromatic N) is 2. The number of pyridine rings is 1. The number of hydrogen-bond donors (Lipinski definition) is 0. The molecule has 5 nitrogen and oxygen atoms in total. The molecule has 1 heterocycles. The molecule has 29 heavy (non-hydrogen) atoms. The summed E-state index contributed by atoms with van der Waals surface area (Å²) in [7, 11) is 0. The first-order chi connectivity index (χ1) is 13.7. The van der Waals surface area contributed by atoms with Crippen molar-refractivity contribution in [3.63, 3.8) is 0 Å². The molecule has 1 aromatic carbocycles. The maximum Gasteiger partial charge on any atom is 0.311 e. The zero-order valence-corrected chi connectivity index (χ0v) is 17.9. The van der Waals surface area contributed by atoms with Gasteiger partial charge in [-0.2, -0.15) is 5.26 Å². The van der Waals surface area contributed by atoms with Crippen LogP contribution in [-0.2, 0) is 9.53 Å². The number of benzene rings is 1. The first kappa shape index (κ1) is 21.4. The van der Waals surface area contributed by atoms with Gasteiger partial charge in [0.2, 0.25) is 12.0 Å². The van der Waals surface area contributed by atoms with Crippen molar-refractivity contribution >= 4 is 40.8 Å². The molecule has 0 aliphatic heterocycles. The normalized spacial score (nSPS) is 20.1. The van der Waals surface area contributed by atoms with Gasteiger partial charge in [-0.1, -0.05) is 54.7 Å². The molecular formula is C21H17Cl3N2O3. The van der Waals surface area contributed by atoms with Gasteiger partial charge in [0, 0.05) is 11.1 Å². The molecule has 1 aliphatic rings. The van der Waals surface area contributed by atoms with Gasteiger partial charge in [0.15, 0.2) is 0 Å². The van der Waals surface area contributed by atoms with Crippen molar-refractivity contribution in [2.24, 2.45) is 17.3 Å². The second-order valence-corrected chi connectivity index (χ2v) is 8.63. The van der Waals surface area contributed by atoms with Crippen LogP contribution in [0.5, 0.6) is 11.6 Å². The summed E-state index contributed by atoms with van der Waals surface area (Å²) in [4.78, 5) is 16.9. The standard InChI is InChI=1S/C21H17Cl3N2O3/c1-21(2)14(10-17(23)24)19(21)20(27)29-16(11-25)15-4-3-5-18(26-15)28-13-8-6-12(22)7-9-13/h3-10,14,16,19H,1-2H3. The summed E-state index contributed by atoms with van der Waals surface area (Å²) in [6, 6.07) is 13.7. The number of rotatable bonds is 6. The van der Waals surface area contributed by atoms with E-state index >= 15 is 0 Å². The number of aromatic nitrogens is 1. The van der Waals surface area contributed by atoms with E-state index in [2.05, 4.69) is 4.98 Å². The SMILES string of the molecule is CC1(C)C(C=C(Cl)Cl)C1C(=O)OC(C#N)c1cccc(Oc2ccc(Cl)cc2)n1. The van der Waals surface area contributed by atoms with Crippen LogP contribution < -0.4 is 4.74 Å². The Labute approximate surface area is 183 Å². The van der Waals surface area contributed by atoms with Gasteiger partial charge in [-0.3, -0.25) is 4.79 Å². The average Bonchev–Trinajstić information content (AvgIpc) is 3.21. The molecule has 3 unspecified atom stereocenters. The first-order valence-electron chi connectivity index (χ1n) is 8.75. The van der Waals surface area contributed by atoms with Gasteiger partial charge in [-0.15, -0.1) is 0 Å².